The highest BCUT2D eigenvalue weighted by molar-refractivity contribution is 5.89. The van der Waals surface area contributed by atoms with E-state index >= 15 is 0 Å². The number of ether oxygens (including phenoxy) is 1. The summed E-state index contributed by atoms with van der Waals surface area (Å²) in [6, 6.07) is 9.48. The number of hydrogen-bond acceptors (Lipinski definition) is 4. The van der Waals surface area contributed by atoms with Gasteiger partial charge in [0.2, 0.25) is 11.8 Å². The summed E-state index contributed by atoms with van der Waals surface area (Å²) in [7, 11) is 1.52. The van der Waals surface area contributed by atoms with Crippen LogP contribution in [0.25, 0.3) is 11.3 Å². The van der Waals surface area contributed by atoms with Crippen LogP contribution in [0.15, 0.2) is 34.7 Å². The van der Waals surface area contributed by atoms with E-state index in [-0.39, 0.29) is 18.4 Å². The van der Waals surface area contributed by atoms with Crippen LogP contribution in [0.2, 0.25) is 0 Å². The number of amides is 2. The molecule has 1 aliphatic rings. The summed E-state index contributed by atoms with van der Waals surface area (Å²) in [5, 5.41) is 2.77. The molecule has 24 heavy (non-hydrogen) atoms. The van der Waals surface area contributed by atoms with Crippen LogP contribution in [-0.2, 0) is 27.3 Å². The molecule has 0 spiro atoms. The van der Waals surface area contributed by atoms with Crippen molar-refractivity contribution >= 4 is 17.5 Å². The Bertz CT molecular complexity index is 766. The number of carbonyl (C=O) groups is 2. The zero-order valence-corrected chi connectivity index (χ0v) is 13.8. The second-order valence-electron chi connectivity index (χ2n) is 5.82. The van der Waals surface area contributed by atoms with Crippen molar-refractivity contribution in [3.05, 3.63) is 41.7 Å². The van der Waals surface area contributed by atoms with Crippen molar-refractivity contribution in [2.75, 3.05) is 25.6 Å². The number of carbonyl (C=O) groups excluding carboxylic acids is 2. The summed E-state index contributed by atoms with van der Waals surface area (Å²) < 4.78 is 10.9. The number of furan rings is 1. The van der Waals surface area contributed by atoms with E-state index in [4.69, 9.17) is 9.15 Å². The molecule has 2 aromatic rings. The Hall–Kier alpha value is -2.60. The molecule has 1 N–H and O–H groups in total. The molecule has 1 aromatic heterocycles. The Morgan fingerprint density at radius 3 is 2.92 bits per heavy atom. The van der Waals surface area contributed by atoms with Crippen molar-refractivity contribution in [2.24, 2.45) is 0 Å². The Morgan fingerprint density at radius 1 is 1.33 bits per heavy atom. The van der Waals surface area contributed by atoms with Crippen molar-refractivity contribution in [1.82, 2.24) is 4.90 Å². The van der Waals surface area contributed by atoms with Crippen molar-refractivity contribution in [3.8, 4) is 11.3 Å². The first-order valence-electron chi connectivity index (χ1n) is 7.83. The lowest BCUT2D eigenvalue weighted by Crippen LogP contribution is -2.37. The first-order chi connectivity index (χ1) is 11.6. The van der Waals surface area contributed by atoms with E-state index in [0.717, 1.165) is 28.3 Å². The number of fused-ring (bicyclic) bond motifs is 1. The fourth-order valence-electron chi connectivity index (χ4n) is 2.86. The van der Waals surface area contributed by atoms with Crippen LogP contribution >= 0.6 is 0 Å². The molecular formula is C18H20N2O4. The highest BCUT2D eigenvalue weighted by Gasteiger charge is 2.24. The third kappa shape index (κ3) is 3.49. The third-order valence-electron chi connectivity index (χ3n) is 3.95. The van der Waals surface area contributed by atoms with Gasteiger partial charge in [0, 0.05) is 50.4 Å². The average molecular weight is 328 g/mol. The van der Waals surface area contributed by atoms with Gasteiger partial charge in [0.05, 0.1) is 0 Å². The van der Waals surface area contributed by atoms with E-state index < -0.39 is 0 Å². The fraction of sp³-hybridized carbons (Fsp3) is 0.333. The lowest BCUT2D eigenvalue weighted by atomic mass is 10.1. The lowest BCUT2D eigenvalue weighted by Gasteiger charge is -2.25. The van der Waals surface area contributed by atoms with Crippen LogP contribution in [0.1, 0.15) is 18.2 Å². The van der Waals surface area contributed by atoms with Gasteiger partial charge < -0.3 is 19.4 Å². The van der Waals surface area contributed by atoms with Crippen LogP contribution in [0.3, 0.4) is 0 Å². The molecule has 126 valence electrons. The number of rotatable bonds is 4. The first-order valence-corrected chi connectivity index (χ1v) is 7.83. The molecule has 0 radical (unpaired) electrons. The van der Waals surface area contributed by atoms with Gasteiger partial charge in [0.25, 0.3) is 0 Å². The van der Waals surface area contributed by atoms with E-state index in [1.54, 1.807) is 4.90 Å². The molecule has 3 rings (SSSR count). The zero-order valence-electron chi connectivity index (χ0n) is 13.8. The van der Waals surface area contributed by atoms with E-state index in [1.165, 1.54) is 14.0 Å². The number of hydrogen-bond donors (Lipinski definition) is 1. The molecule has 6 nitrogen and oxygen atoms in total. The smallest absolute Gasteiger partial charge is 0.248 e. The highest BCUT2D eigenvalue weighted by Crippen LogP contribution is 2.30. The highest BCUT2D eigenvalue weighted by atomic mass is 16.5. The van der Waals surface area contributed by atoms with Crippen molar-refractivity contribution < 1.29 is 18.7 Å². The maximum Gasteiger partial charge on any atom is 0.248 e. The SMILES string of the molecule is COCC(=O)N1CCc2oc(-c3cccc(NC(C)=O)c3)cc2C1. The minimum Gasteiger partial charge on any atom is -0.461 e. The quantitative estimate of drug-likeness (QED) is 0.936. The van der Waals surface area contributed by atoms with Gasteiger partial charge >= 0.3 is 0 Å². The van der Waals surface area contributed by atoms with Crippen LogP contribution in [0.4, 0.5) is 5.69 Å². The molecule has 2 heterocycles. The summed E-state index contributed by atoms with van der Waals surface area (Å²) >= 11 is 0. The van der Waals surface area contributed by atoms with E-state index in [2.05, 4.69) is 5.32 Å². The van der Waals surface area contributed by atoms with Gasteiger partial charge in [-0.3, -0.25) is 9.59 Å². The predicted molar refractivity (Wildman–Crippen MR) is 89.4 cm³/mol. The summed E-state index contributed by atoms with van der Waals surface area (Å²) in [4.78, 5) is 24.9. The molecule has 2 amide bonds. The van der Waals surface area contributed by atoms with Crippen LogP contribution < -0.4 is 5.32 Å². The normalized spacial score (nSPS) is 13.5. The van der Waals surface area contributed by atoms with Crippen LogP contribution in [-0.4, -0.2) is 37.0 Å². The van der Waals surface area contributed by atoms with Gasteiger partial charge in [-0.25, -0.2) is 0 Å². The largest absolute Gasteiger partial charge is 0.461 e. The van der Waals surface area contributed by atoms with Gasteiger partial charge in [-0.05, 0) is 18.2 Å². The topological polar surface area (TPSA) is 71.8 Å². The summed E-state index contributed by atoms with van der Waals surface area (Å²) in [6.07, 6.45) is 0.691. The molecule has 0 saturated heterocycles. The maximum absolute atomic E-state index is 12.0. The number of anilines is 1. The van der Waals surface area contributed by atoms with Crippen molar-refractivity contribution in [2.45, 2.75) is 19.9 Å². The number of nitrogens with zero attached hydrogens (tertiary/aromatic N) is 1. The number of methoxy groups -OCH3 is 1. The molecule has 0 aliphatic carbocycles. The summed E-state index contributed by atoms with van der Waals surface area (Å²) in [5.74, 6) is 1.53. The van der Waals surface area contributed by atoms with Gasteiger partial charge in [-0.15, -0.1) is 0 Å². The monoisotopic (exact) mass is 328 g/mol. The standard InChI is InChI=1S/C18H20N2O4/c1-12(21)19-15-5-3-4-13(8-15)17-9-14-10-20(18(22)11-23-2)7-6-16(14)24-17/h3-5,8-9H,6-7,10-11H2,1-2H3,(H,19,21). The van der Waals surface area contributed by atoms with Gasteiger partial charge in [0.1, 0.15) is 18.1 Å². The molecule has 0 atom stereocenters. The number of benzene rings is 1. The molecule has 6 heteroatoms. The van der Waals surface area contributed by atoms with E-state index in [9.17, 15) is 9.59 Å². The van der Waals surface area contributed by atoms with Crippen LogP contribution in [0.5, 0.6) is 0 Å². The van der Waals surface area contributed by atoms with Gasteiger partial charge in [-0.2, -0.15) is 0 Å². The average Bonchev–Trinajstić information content (AvgIpc) is 2.98. The maximum atomic E-state index is 12.0. The Kier molecular flexibility index (Phi) is 4.66. The summed E-state index contributed by atoms with van der Waals surface area (Å²) in [6.45, 7) is 2.74. The van der Waals surface area contributed by atoms with Gasteiger partial charge in [-0.1, -0.05) is 12.1 Å². The van der Waals surface area contributed by atoms with Gasteiger partial charge in [0.15, 0.2) is 0 Å². The minimum absolute atomic E-state index is 0.0152. The van der Waals surface area contributed by atoms with Crippen molar-refractivity contribution in [1.29, 1.82) is 0 Å². The molecule has 0 saturated carbocycles. The van der Waals surface area contributed by atoms with Crippen LogP contribution in [0, 0.1) is 0 Å². The van der Waals surface area contributed by atoms with E-state index in [0.29, 0.717) is 19.5 Å². The summed E-state index contributed by atoms with van der Waals surface area (Å²) in [5.41, 5.74) is 2.64. The molecule has 0 bridgehead atoms. The Labute approximate surface area is 140 Å². The van der Waals surface area contributed by atoms with E-state index in [1.807, 2.05) is 30.3 Å². The zero-order chi connectivity index (χ0) is 17.1. The second-order valence-corrected chi connectivity index (χ2v) is 5.82. The molecular weight excluding hydrogens is 308 g/mol. The molecule has 1 aromatic carbocycles. The first kappa shape index (κ1) is 16.3. The Balaban J connectivity index is 1.81. The molecule has 1 aliphatic heterocycles. The number of nitrogens with one attached hydrogen (secondary N) is 1. The predicted octanol–water partition coefficient (Wildman–Crippen LogP) is 2.44. The minimum atomic E-state index is -0.113. The third-order valence-corrected chi connectivity index (χ3v) is 3.95. The fourth-order valence-corrected chi connectivity index (χ4v) is 2.86. The van der Waals surface area contributed by atoms with Crippen molar-refractivity contribution in [3.63, 3.8) is 0 Å². The lowest BCUT2D eigenvalue weighted by molar-refractivity contribution is -0.136. The Morgan fingerprint density at radius 2 is 2.17 bits per heavy atom. The second kappa shape index (κ2) is 6.88. The molecule has 0 fully saturated rings. The molecule has 0 unspecified atom stereocenters.